The molecule has 0 radical (unpaired) electrons. The summed E-state index contributed by atoms with van der Waals surface area (Å²) >= 11 is 6.10. The highest BCUT2D eigenvalue weighted by Crippen LogP contribution is 2.30. The van der Waals surface area contributed by atoms with E-state index in [1.165, 1.54) is 5.56 Å². The summed E-state index contributed by atoms with van der Waals surface area (Å²) in [6, 6.07) is 27.3. The first-order chi connectivity index (χ1) is 20.4. The number of carbonyl (C=O) groups is 2. The number of nitrogens with zero attached hydrogens (tertiary/aromatic N) is 1. The summed E-state index contributed by atoms with van der Waals surface area (Å²) in [5.74, 6) is -0.518. The van der Waals surface area contributed by atoms with Gasteiger partial charge in [-0.25, -0.2) is 0 Å². The van der Waals surface area contributed by atoms with Crippen molar-refractivity contribution in [3.63, 3.8) is 0 Å². The second-order valence-corrected chi connectivity index (χ2v) is 12.0. The van der Waals surface area contributed by atoms with Crippen molar-refractivity contribution in [1.82, 2.24) is 10.2 Å². The summed E-state index contributed by atoms with van der Waals surface area (Å²) in [4.78, 5) is 28.9. The Morgan fingerprint density at radius 3 is 2.45 bits per heavy atom. The number of anilines is 1. The predicted molar refractivity (Wildman–Crippen MR) is 169 cm³/mol. The number of benzene rings is 4. The number of aliphatic hydroxyl groups is 1. The average molecular weight is 582 g/mol. The number of halogens is 1. The quantitative estimate of drug-likeness (QED) is 0.228. The van der Waals surface area contributed by atoms with Gasteiger partial charge in [0.15, 0.2) is 0 Å². The number of hydrogen-bond acceptors (Lipinski definition) is 4. The van der Waals surface area contributed by atoms with Crippen molar-refractivity contribution in [1.29, 1.82) is 0 Å². The molecule has 1 aliphatic heterocycles. The van der Waals surface area contributed by atoms with E-state index < -0.39 is 0 Å². The van der Waals surface area contributed by atoms with Crippen molar-refractivity contribution in [3.8, 4) is 11.1 Å². The number of fused-ring (bicyclic) bond motifs is 1. The first-order valence-corrected chi connectivity index (χ1v) is 15.2. The Bertz CT molecular complexity index is 1590. The van der Waals surface area contributed by atoms with Gasteiger partial charge in [-0.15, -0.1) is 0 Å². The van der Waals surface area contributed by atoms with Crippen LogP contribution in [0, 0.1) is 5.92 Å². The van der Waals surface area contributed by atoms with E-state index in [0.717, 1.165) is 72.8 Å². The van der Waals surface area contributed by atoms with Crippen molar-refractivity contribution >= 4 is 39.9 Å². The molecule has 42 heavy (non-hydrogen) atoms. The standard InChI is InChI=1S/C35H36ClN3O3/c36-28-14-11-24-19-26(10-9-25(24)20-28)34(41)38-33-8-4-3-7-32(33)35(42)37-29-15-12-23(13-16-29)31-6-2-1-5-27(31)21-39-18-17-30(40)22-39/h1-2,5-6,9-16,19-20,30,32-33,40H,3-4,7-8,17-18,21-22H2,(H,37,42)(H,38,41)/t30?,32-,33+/m0/s1. The topological polar surface area (TPSA) is 81.7 Å². The number of amides is 2. The summed E-state index contributed by atoms with van der Waals surface area (Å²) in [7, 11) is 0. The minimum Gasteiger partial charge on any atom is -0.392 e. The van der Waals surface area contributed by atoms with Crippen LogP contribution in [0.3, 0.4) is 0 Å². The Morgan fingerprint density at radius 1 is 0.881 bits per heavy atom. The molecular formula is C35H36ClN3O3. The average Bonchev–Trinajstić information content (AvgIpc) is 3.42. The van der Waals surface area contributed by atoms with Crippen LogP contribution in [0.15, 0.2) is 84.9 Å². The van der Waals surface area contributed by atoms with Crippen LogP contribution in [0.25, 0.3) is 21.9 Å². The van der Waals surface area contributed by atoms with Gasteiger partial charge < -0.3 is 15.7 Å². The van der Waals surface area contributed by atoms with Crippen LogP contribution in [0.5, 0.6) is 0 Å². The van der Waals surface area contributed by atoms with E-state index in [0.29, 0.717) is 17.1 Å². The second kappa shape index (κ2) is 12.7. The summed E-state index contributed by atoms with van der Waals surface area (Å²) in [5.41, 5.74) is 4.78. The van der Waals surface area contributed by atoms with Crippen molar-refractivity contribution in [2.75, 3.05) is 18.4 Å². The summed E-state index contributed by atoms with van der Waals surface area (Å²) in [6.45, 7) is 2.41. The Labute approximate surface area is 251 Å². The van der Waals surface area contributed by atoms with Gasteiger partial charge in [-0.3, -0.25) is 14.5 Å². The molecule has 4 aromatic rings. The van der Waals surface area contributed by atoms with Crippen LogP contribution < -0.4 is 10.6 Å². The molecule has 216 valence electrons. The third kappa shape index (κ3) is 6.51. The molecule has 3 atom stereocenters. The van der Waals surface area contributed by atoms with E-state index in [-0.39, 0.29) is 29.9 Å². The molecule has 7 heteroatoms. The van der Waals surface area contributed by atoms with Crippen molar-refractivity contribution in [2.45, 2.75) is 50.8 Å². The maximum atomic E-state index is 13.4. The SMILES string of the molecule is O=C(N[C@@H]1CCCC[C@@H]1C(=O)Nc1ccc(-c2ccccc2CN2CCC(O)C2)cc1)c1ccc2cc(Cl)ccc2c1. The molecule has 1 heterocycles. The highest BCUT2D eigenvalue weighted by molar-refractivity contribution is 6.31. The lowest BCUT2D eigenvalue weighted by atomic mass is 9.83. The molecule has 1 saturated heterocycles. The molecule has 6 rings (SSSR count). The van der Waals surface area contributed by atoms with Crippen LogP contribution in [-0.2, 0) is 11.3 Å². The lowest BCUT2D eigenvalue weighted by Crippen LogP contribution is -2.46. The fourth-order valence-electron chi connectivity index (χ4n) is 6.33. The van der Waals surface area contributed by atoms with Crippen LogP contribution in [0.1, 0.15) is 48.0 Å². The van der Waals surface area contributed by atoms with Gasteiger partial charge in [0.2, 0.25) is 5.91 Å². The Kier molecular flexibility index (Phi) is 8.56. The molecule has 0 bridgehead atoms. The van der Waals surface area contributed by atoms with Gasteiger partial charge >= 0.3 is 0 Å². The summed E-state index contributed by atoms with van der Waals surface area (Å²) < 4.78 is 0. The molecule has 2 fully saturated rings. The smallest absolute Gasteiger partial charge is 0.251 e. The van der Waals surface area contributed by atoms with Crippen LogP contribution in [0.4, 0.5) is 5.69 Å². The number of β-amino-alcohol motifs (C(OH)–C–C–N with tert-alkyl or cyclic N) is 1. The van der Waals surface area contributed by atoms with Crippen LogP contribution in [-0.4, -0.2) is 47.1 Å². The largest absolute Gasteiger partial charge is 0.392 e. The van der Waals surface area contributed by atoms with Crippen molar-refractivity contribution in [3.05, 3.63) is 101 Å². The number of hydrogen-bond donors (Lipinski definition) is 3. The first kappa shape index (κ1) is 28.4. The molecule has 3 N–H and O–H groups in total. The van der Waals surface area contributed by atoms with E-state index in [1.807, 2.05) is 60.7 Å². The van der Waals surface area contributed by atoms with E-state index in [2.05, 4.69) is 33.7 Å². The van der Waals surface area contributed by atoms with E-state index in [4.69, 9.17) is 11.6 Å². The maximum Gasteiger partial charge on any atom is 0.251 e. The monoisotopic (exact) mass is 581 g/mol. The predicted octanol–water partition coefficient (Wildman–Crippen LogP) is 6.65. The van der Waals surface area contributed by atoms with E-state index in [9.17, 15) is 14.7 Å². The Morgan fingerprint density at radius 2 is 1.64 bits per heavy atom. The minimum atomic E-state index is -0.293. The third-order valence-corrected chi connectivity index (χ3v) is 8.84. The number of rotatable bonds is 7. The first-order valence-electron chi connectivity index (χ1n) is 14.8. The number of likely N-dealkylation sites (tertiary alicyclic amines) is 1. The molecule has 2 aliphatic rings. The normalized spacial score (nSPS) is 20.9. The zero-order valence-corrected chi connectivity index (χ0v) is 24.3. The fourth-order valence-corrected chi connectivity index (χ4v) is 6.51. The Hall–Kier alpha value is -3.71. The van der Waals surface area contributed by atoms with Crippen LogP contribution >= 0.6 is 11.6 Å². The van der Waals surface area contributed by atoms with Gasteiger partial charge in [-0.05, 0) is 83.1 Å². The van der Waals surface area contributed by atoms with Gasteiger partial charge in [0.05, 0.1) is 12.0 Å². The second-order valence-electron chi connectivity index (χ2n) is 11.6. The number of aliphatic hydroxyl groups excluding tert-OH is 1. The van der Waals surface area contributed by atoms with E-state index >= 15 is 0 Å². The zero-order chi connectivity index (χ0) is 29.1. The third-order valence-electron chi connectivity index (χ3n) is 8.61. The van der Waals surface area contributed by atoms with Gasteiger partial charge in [-0.1, -0.05) is 73.0 Å². The highest BCUT2D eigenvalue weighted by atomic mass is 35.5. The molecule has 0 spiro atoms. The van der Waals surface area contributed by atoms with Gasteiger partial charge in [0, 0.05) is 41.9 Å². The molecule has 4 aromatic carbocycles. The zero-order valence-electron chi connectivity index (χ0n) is 23.6. The van der Waals surface area contributed by atoms with Crippen molar-refractivity contribution < 1.29 is 14.7 Å². The molecule has 1 aliphatic carbocycles. The number of nitrogens with one attached hydrogen (secondary N) is 2. The van der Waals surface area contributed by atoms with Crippen molar-refractivity contribution in [2.24, 2.45) is 5.92 Å². The molecule has 1 saturated carbocycles. The van der Waals surface area contributed by atoms with Crippen LogP contribution in [0.2, 0.25) is 5.02 Å². The van der Waals surface area contributed by atoms with E-state index in [1.54, 1.807) is 6.07 Å². The minimum absolute atomic E-state index is 0.0612. The van der Waals surface area contributed by atoms with Gasteiger partial charge in [-0.2, -0.15) is 0 Å². The number of carbonyl (C=O) groups excluding carboxylic acids is 2. The highest BCUT2D eigenvalue weighted by Gasteiger charge is 2.32. The van der Waals surface area contributed by atoms with Gasteiger partial charge in [0.1, 0.15) is 0 Å². The Balaban J connectivity index is 1.11. The molecule has 0 aromatic heterocycles. The molecule has 2 amide bonds. The molecular weight excluding hydrogens is 546 g/mol. The lowest BCUT2D eigenvalue weighted by Gasteiger charge is -2.31. The fraction of sp³-hybridized carbons (Fsp3) is 0.314. The molecule has 1 unspecified atom stereocenters. The summed E-state index contributed by atoms with van der Waals surface area (Å²) in [6.07, 6.45) is 4.04. The maximum absolute atomic E-state index is 13.4. The molecule has 6 nitrogen and oxygen atoms in total. The van der Waals surface area contributed by atoms with Gasteiger partial charge in [0.25, 0.3) is 5.91 Å². The summed E-state index contributed by atoms with van der Waals surface area (Å²) in [5, 5.41) is 18.8. The lowest BCUT2D eigenvalue weighted by molar-refractivity contribution is -0.121.